The Balaban J connectivity index is 1.76. The number of ether oxygens (including phenoxy) is 2. The van der Waals surface area contributed by atoms with Crippen molar-refractivity contribution in [2.75, 3.05) is 13.2 Å². The lowest BCUT2D eigenvalue weighted by atomic mass is 9.99. The predicted molar refractivity (Wildman–Crippen MR) is 86.8 cm³/mol. The van der Waals surface area contributed by atoms with Gasteiger partial charge < -0.3 is 15.2 Å². The number of rotatable bonds is 3. The van der Waals surface area contributed by atoms with Gasteiger partial charge in [0.1, 0.15) is 0 Å². The highest BCUT2D eigenvalue weighted by atomic mass is 79.9. The van der Waals surface area contributed by atoms with Crippen LogP contribution in [0.1, 0.15) is 23.6 Å². The third-order valence-electron chi connectivity index (χ3n) is 3.57. The van der Waals surface area contributed by atoms with Gasteiger partial charge in [-0.1, -0.05) is 34.1 Å². The monoisotopic (exact) mass is 347 g/mol. The van der Waals surface area contributed by atoms with E-state index in [4.69, 9.17) is 15.2 Å². The minimum absolute atomic E-state index is 0.0525. The van der Waals surface area contributed by atoms with Crippen LogP contribution in [-0.4, -0.2) is 13.2 Å². The molecule has 1 atom stereocenters. The lowest BCUT2D eigenvalue weighted by molar-refractivity contribution is 0.297. The molecule has 1 aliphatic heterocycles. The summed E-state index contributed by atoms with van der Waals surface area (Å²) in [5.74, 6) is 1.61. The van der Waals surface area contributed by atoms with Crippen molar-refractivity contribution < 1.29 is 9.47 Å². The van der Waals surface area contributed by atoms with Gasteiger partial charge in [-0.05, 0) is 41.8 Å². The van der Waals surface area contributed by atoms with Gasteiger partial charge in [-0.15, -0.1) is 0 Å². The van der Waals surface area contributed by atoms with Crippen LogP contribution in [0.5, 0.6) is 11.5 Å². The van der Waals surface area contributed by atoms with E-state index in [0.29, 0.717) is 13.2 Å². The highest BCUT2D eigenvalue weighted by molar-refractivity contribution is 9.10. The van der Waals surface area contributed by atoms with Crippen LogP contribution < -0.4 is 15.2 Å². The van der Waals surface area contributed by atoms with Crippen molar-refractivity contribution in [1.29, 1.82) is 0 Å². The van der Waals surface area contributed by atoms with Crippen molar-refractivity contribution in [3.63, 3.8) is 0 Å². The maximum absolute atomic E-state index is 6.33. The Hall–Kier alpha value is -1.52. The van der Waals surface area contributed by atoms with Crippen LogP contribution in [0.3, 0.4) is 0 Å². The number of benzene rings is 2. The number of nitrogens with two attached hydrogens (primary N) is 1. The van der Waals surface area contributed by atoms with E-state index in [2.05, 4.69) is 28.1 Å². The fraction of sp³-hybridized carbons (Fsp3) is 0.294. The summed E-state index contributed by atoms with van der Waals surface area (Å²) in [6.45, 7) is 1.40. The van der Waals surface area contributed by atoms with Gasteiger partial charge in [0, 0.05) is 16.9 Å². The number of halogens is 1. The third kappa shape index (κ3) is 3.57. The molecule has 0 radical (unpaired) electrons. The molecule has 0 bridgehead atoms. The summed E-state index contributed by atoms with van der Waals surface area (Å²) >= 11 is 3.44. The lowest BCUT2D eigenvalue weighted by Gasteiger charge is -2.15. The first-order chi connectivity index (χ1) is 10.2. The standard InChI is InChI=1S/C17H18BrNO2/c18-14-5-2-12(3-6-14)10-15(19)13-4-7-16-17(11-13)21-9-1-8-20-16/h2-7,11,15H,1,8-10,19H2. The first-order valence-corrected chi connectivity index (χ1v) is 7.91. The van der Waals surface area contributed by atoms with E-state index in [1.54, 1.807) is 0 Å². The molecule has 1 aliphatic rings. The van der Waals surface area contributed by atoms with E-state index >= 15 is 0 Å². The van der Waals surface area contributed by atoms with Crippen LogP contribution in [0.2, 0.25) is 0 Å². The molecule has 0 aliphatic carbocycles. The molecule has 0 saturated heterocycles. The molecular weight excluding hydrogens is 330 g/mol. The van der Waals surface area contributed by atoms with Crippen LogP contribution in [0.4, 0.5) is 0 Å². The van der Waals surface area contributed by atoms with E-state index in [9.17, 15) is 0 Å². The minimum Gasteiger partial charge on any atom is -0.490 e. The van der Waals surface area contributed by atoms with Gasteiger partial charge in [-0.25, -0.2) is 0 Å². The highest BCUT2D eigenvalue weighted by Crippen LogP contribution is 2.32. The molecule has 21 heavy (non-hydrogen) atoms. The van der Waals surface area contributed by atoms with Crippen molar-refractivity contribution >= 4 is 15.9 Å². The molecule has 2 aromatic carbocycles. The fourth-order valence-corrected chi connectivity index (χ4v) is 2.67. The largest absolute Gasteiger partial charge is 0.490 e. The molecule has 1 heterocycles. The Morgan fingerprint density at radius 2 is 1.71 bits per heavy atom. The molecule has 3 rings (SSSR count). The van der Waals surface area contributed by atoms with Gasteiger partial charge in [0.2, 0.25) is 0 Å². The topological polar surface area (TPSA) is 44.5 Å². The summed E-state index contributed by atoms with van der Waals surface area (Å²) in [6, 6.07) is 14.2. The Morgan fingerprint density at radius 3 is 2.48 bits per heavy atom. The highest BCUT2D eigenvalue weighted by Gasteiger charge is 2.14. The third-order valence-corrected chi connectivity index (χ3v) is 4.10. The van der Waals surface area contributed by atoms with Crippen molar-refractivity contribution in [1.82, 2.24) is 0 Å². The minimum atomic E-state index is -0.0525. The van der Waals surface area contributed by atoms with E-state index < -0.39 is 0 Å². The summed E-state index contributed by atoms with van der Waals surface area (Å²) < 4.78 is 12.4. The average Bonchev–Trinajstić information content (AvgIpc) is 2.74. The van der Waals surface area contributed by atoms with Crippen LogP contribution in [0.25, 0.3) is 0 Å². The lowest BCUT2D eigenvalue weighted by Crippen LogP contribution is -2.13. The second-order valence-corrected chi connectivity index (χ2v) is 6.11. The van der Waals surface area contributed by atoms with Crippen LogP contribution in [0.15, 0.2) is 46.9 Å². The maximum atomic E-state index is 6.33. The molecule has 110 valence electrons. The Morgan fingerprint density at radius 1 is 1.00 bits per heavy atom. The molecular formula is C17H18BrNO2. The summed E-state index contributed by atoms with van der Waals surface area (Å²) in [4.78, 5) is 0. The summed E-state index contributed by atoms with van der Waals surface area (Å²) in [5.41, 5.74) is 8.62. The first kappa shape index (κ1) is 14.4. The zero-order valence-electron chi connectivity index (χ0n) is 11.7. The van der Waals surface area contributed by atoms with Gasteiger partial charge in [-0.2, -0.15) is 0 Å². The molecule has 0 spiro atoms. The van der Waals surface area contributed by atoms with Crippen molar-refractivity contribution in [2.24, 2.45) is 5.73 Å². The van der Waals surface area contributed by atoms with E-state index in [0.717, 1.165) is 34.4 Å². The predicted octanol–water partition coefficient (Wildman–Crippen LogP) is 3.85. The van der Waals surface area contributed by atoms with Crippen LogP contribution in [0, 0.1) is 0 Å². The van der Waals surface area contributed by atoms with Gasteiger partial charge in [0.25, 0.3) is 0 Å². The zero-order valence-corrected chi connectivity index (χ0v) is 13.3. The SMILES string of the molecule is NC(Cc1ccc(Br)cc1)c1ccc2c(c1)OCCCO2. The number of hydrogen-bond donors (Lipinski definition) is 1. The molecule has 0 amide bonds. The van der Waals surface area contributed by atoms with Gasteiger partial charge in [0.05, 0.1) is 13.2 Å². The molecule has 0 aromatic heterocycles. The van der Waals surface area contributed by atoms with Gasteiger partial charge in [0.15, 0.2) is 11.5 Å². The van der Waals surface area contributed by atoms with Crippen molar-refractivity contribution in [3.05, 3.63) is 58.1 Å². The molecule has 2 aromatic rings. The summed E-state index contributed by atoms with van der Waals surface area (Å²) in [5, 5.41) is 0. The normalized spacial score (nSPS) is 15.3. The average molecular weight is 348 g/mol. The molecule has 4 heteroatoms. The molecule has 0 fully saturated rings. The second kappa shape index (κ2) is 6.50. The quantitative estimate of drug-likeness (QED) is 0.916. The van der Waals surface area contributed by atoms with E-state index in [1.807, 2.05) is 30.3 Å². The molecule has 1 unspecified atom stereocenters. The molecule has 0 saturated carbocycles. The van der Waals surface area contributed by atoms with Crippen molar-refractivity contribution in [3.8, 4) is 11.5 Å². The van der Waals surface area contributed by atoms with E-state index in [-0.39, 0.29) is 6.04 Å². The van der Waals surface area contributed by atoms with E-state index in [1.165, 1.54) is 5.56 Å². The van der Waals surface area contributed by atoms with Crippen LogP contribution in [-0.2, 0) is 6.42 Å². The maximum Gasteiger partial charge on any atom is 0.161 e. The molecule has 2 N–H and O–H groups in total. The Bertz CT molecular complexity index is 613. The first-order valence-electron chi connectivity index (χ1n) is 7.12. The van der Waals surface area contributed by atoms with Gasteiger partial charge >= 0.3 is 0 Å². The molecule has 3 nitrogen and oxygen atoms in total. The van der Waals surface area contributed by atoms with Crippen LogP contribution >= 0.6 is 15.9 Å². The Kier molecular flexibility index (Phi) is 4.46. The fourth-order valence-electron chi connectivity index (χ4n) is 2.40. The summed E-state index contributed by atoms with van der Waals surface area (Å²) in [7, 11) is 0. The zero-order chi connectivity index (χ0) is 14.7. The number of hydrogen-bond acceptors (Lipinski definition) is 3. The number of fused-ring (bicyclic) bond motifs is 1. The van der Waals surface area contributed by atoms with Crippen molar-refractivity contribution in [2.45, 2.75) is 18.9 Å². The van der Waals surface area contributed by atoms with Gasteiger partial charge in [-0.3, -0.25) is 0 Å². The summed E-state index contributed by atoms with van der Waals surface area (Å²) in [6.07, 6.45) is 1.71. The Labute approximate surface area is 133 Å². The smallest absolute Gasteiger partial charge is 0.161 e. The second-order valence-electron chi connectivity index (χ2n) is 5.19.